The van der Waals surface area contributed by atoms with Gasteiger partial charge in [0.25, 0.3) is 0 Å². The van der Waals surface area contributed by atoms with Gasteiger partial charge in [-0.1, -0.05) is 30.3 Å². The molecular formula is C16H22N2O3. The third kappa shape index (κ3) is 3.82. The molecule has 21 heavy (non-hydrogen) atoms. The first-order chi connectivity index (χ1) is 10.1. The Morgan fingerprint density at radius 2 is 1.95 bits per heavy atom. The molecule has 5 heteroatoms. The highest BCUT2D eigenvalue weighted by atomic mass is 16.5. The summed E-state index contributed by atoms with van der Waals surface area (Å²) in [4.78, 5) is 27.9. The summed E-state index contributed by atoms with van der Waals surface area (Å²) in [6, 6.07) is 9.40. The van der Waals surface area contributed by atoms with Crippen molar-refractivity contribution in [1.29, 1.82) is 0 Å². The lowest BCUT2D eigenvalue weighted by Crippen LogP contribution is -2.59. The van der Waals surface area contributed by atoms with Crippen molar-refractivity contribution >= 4 is 11.8 Å². The van der Waals surface area contributed by atoms with E-state index in [1.54, 1.807) is 19.1 Å². The molecule has 2 amide bonds. The van der Waals surface area contributed by atoms with Crippen LogP contribution in [0.2, 0.25) is 0 Å². The number of likely N-dealkylation sites (N-methyl/N-ethyl adjacent to an activating group) is 1. The van der Waals surface area contributed by atoms with Crippen LogP contribution in [0.5, 0.6) is 0 Å². The lowest BCUT2D eigenvalue weighted by atomic mass is 10.0. The van der Waals surface area contributed by atoms with Crippen LogP contribution in [0.15, 0.2) is 30.3 Å². The number of hydrogen-bond donors (Lipinski definition) is 0. The Labute approximate surface area is 125 Å². The number of benzene rings is 1. The Hall–Kier alpha value is -1.88. The van der Waals surface area contributed by atoms with Gasteiger partial charge in [-0.25, -0.2) is 0 Å². The summed E-state index contributed by atoms with van der Waals surface area (Å²) in [5, 5.41) is 0. The van der Waals surface area contributed by atoms with E-state index in [2.05, 4.69) is 0 Å². The molecular weight excluding hydrogens is 268 g/mol. The molecule has 0 radical (unpaired) electrons. The van der Waals surface area contributed by atoms with Gasteiger partial charge in [-0.2, -0.15) is 0 Å². The summed E-state index contributed by atoms with van der Waals surface area (Å²) in [5.41, 5.74) is 1.07. The highest BCUT2D eigenvalue weighted by Gasteiger charge is 2.37. The second kappa shape index (κ2) is 7.22. The number of carbonyl (C=O) groups is 2. The van der Waals surface area contributed by atoms with Crippen molar-refractivity contribution in [1.82, 2.24) is 9.80 Å². The lowest BCUT2D eigenvalue weighted by Gasteiger charge is -2.39. The summed E-state index contributed by atoms with van der Waals surface area (Å²) in [6.45, 7) is 1.31. The third-order valence-electron chi connectivity index (χ3n) is 3.75. The number of rotatable bonds is 6. The zero-order chi connectivity index (χ0) is 15.2. The zero-order valence-electron chi connectivity index (χ0n) is 12.6. The first-order valence-electron chi connectivity index (χ1n) is 7.20. The number of hydrogen-bond acceptors (Lipinski definition) is 3. The molecule has 1 aromatic rings. The van der Waals surface area contributed by atoms with Gasteiger partial charge in [-0.3, -0.25) is 9.59 Å². The summed E-state index contributed by atoms with van der Waals surface area (Å²) in [5.74, 6) is 0.0185. The quantitative estimate of drug-likeness (QED) is 0.733. The summed E-state index contributed by atoms with van der Waals surface area (Å²) in [6.07, 6.45) is 1.30. The van der Waals surface area contributed by atoms with Crippen LogP contribution >= 0.6 is 0 Å². The average molecular weight is 290 g/mol. The fourth-order valence-corrected chi connectivity index (χ4v) is 2.63. The van der Waals surface area contributed by atoms with Crippen LogP contribution in [-0.2, 0) is 20.7 Å². The van der Waals surface area contributed by atoms with Crippen molar-refractivity contribution in [2.24, 2.45) is 0 Å². The van der Waals surface area contributed by atoms with E-state index in [9.17, 15) is 9.59 Å². The van der Waals surface area contributed by atoms with Gasteiger partial charge in [-0.15, -0.1) is 0 Å². The van der Waals surface area contributed by atoms with E-state index in [0.29, 0.717) is 19.6 Å². The van der Waals surface area contributed by atoms with Gasteiger partial charge in [0.15, 0.2) is 0 Å². The van der Waals surface area contributed by atoms with Crippen LogP contribution in [0.3, 0.4) is 0 Å². The average Bonchev–Trinajstić information content (AvgIpc) is 2.49. The number of piperazine rings is 1. The van der Waals surface area contributed by atoms with Crippen molar-refractivity contribution in [2.75, 3.05) is 33.9 Å². The van der Waals surface area contributed by atoms with Crippen molar-refractivity contribution < 1.29 is 14.3 Å². The van der Waals surface area contributed by atoms with Gasteiger partial charge in [0.2, 0.25) is 11.8 Å². The molecule has 5 nitrogen and oxygen atoms in total. The topological polar surface area (TPSA) is 49.9 Å². The zero-order valence-corrected chi connectivity index (χ0v) is 12.6. The van der Waals surface area contributed by atoms with Crippen LogP contribution < -0.4 is 0 Å². The van der Waals surface area contributed by atoms with Gasteiger partial charge in [0, 0.05) is 33.7 Å². The molecule has 1 atom stereocenters. The molecule has 1 aliphatic heterocycles. The van der Waals surface area contributed by atoms with E-state index in [0.717, 1.165) is 12.0 Å². The molecule has 0 bridgehead atoms. The molecule has 1 fully saturated rings. The van der Waals surface area contributed by atoms with Gasteiger partial charge in [-0.05, 0) is 12.0 Å². The van der Waals surface area contributed by atoms with Gasteiger partial charge >= 0.3 is 0 Å². The number of carbonyl (C=O) groups excluding carboxylic acids is 2. The Morgan fingerprint density at radius 1 is 1.24 bits per heavy atom. The minimum atomic E-state index is -0.407. The molecule has 0 unspecified atom stereocenters. The van der Waals surface area contributed by atoms with E-state index in [1.165, 1.54) is 4.90 Å². The standard InChI is InChI=1S/C16H22N2O3/c1-17-12-15(19)18(9-6-10-21-2)14(16(17)20)11-13-7-4-3-5-8-13/h3-5,7-8,14H,6,9-12H2,1-2H3/t14-/m0/s1. The fraction of sp³-hybridized carbons (Fsp3) is 0.500. The first kappa shape index (κ1) is 15.5. The number of amides is 2. The maximum atomic E-state index is 12.4. The summed E-state index contributed by atoms with van der Waals surface area (Å²) < 4.78 is 5.04. The minimum Gasteiger partial charge on any atom is -0.385 e. The minimum absolute atomic E-state index is 0.00846. The Balaban J connectivity index is 2.13. The van der Waals surface area contributed by atoms with Gasteiger partial charge < -0.3 is 14.5 Å². The van der Waals surface area contributed by atoms with E-state index in [-0.39, 0.29) is 18.4 Å². The number of ether oxygens (including phenoxy) is 1. The molecule has 0 saturated carbocycles. The smallest absolute Gasteiger partial charge is 0.245 e. The maximum absolute atomic E-state index is 12.4. The number of methoxy groups -OCH3 is 1. The molecule has 1 saturated heterocycles. The molecule has 1 aliphatic rings. The normalized spacial score (nSPS) is 19.2. The SMILES string of the molecule is COCCCN1C(=O)CN(C)C(=O)[C@@H]1Cc1ccccc1. The van der Waals surface area contributed by atoms with Crippen LogP contribution in [-0.4, -0.2) is 61.5 Å². The van der Waals surface area contributed by atoms with Crippen molar-refractivity contribution in [3.05, 3.63) is 35.9 Å². The fourth-order valence-electron chi connectivity index (χ4n) is 2.63. The molecule has 114 valence electrons. The molecule has 0 spiro atoms. The second-order valence-corrected chi connectivity index (χ2v) is 5.33. The van der Waals surface area contributed by atoms with Crippen LogP contribution in [0.4, 0.5) is 0 Å². The molecule has 1 heterocycles. The molecule has 0 N–H and O–H groups in total. The number of nitrogens with zero attached hydrogens (tertiary/aromatic N) is 2. The predicted molar refractivity (Wildman–Crippen MR) is 79.8 cm³/mol. The Bertz CT molecular complexity index is 490. The molecule has 0 aliphatic carbocycles. The highest BCUT2D eigenvalue weighted by Crippen LogP contribution is 2.17. The summed E-state index contributed by atoms with van der Waals surface area (Å²) >= 11 is 0. The van der Waals surface area contributed by atoms with Crippen LogP contribution in [0.1, 0.15) is 12.0 Å². The van der Waals surface area contributed by atoms with E-state index < -0.39 is 6.04 Å². The van der Waals surface area contributed by atoms with E-state index in [4.69, 9.17) is 4.74 Å². The monoisotopic (exact) mass is 290 g/mol. The largest absolute Gasteiger partial charge is 0.385 e. The lowest BCUT2D eigenvalue weighted by molar-refractivity contribution is -0.154. The third-order valence-corrected chi connectivity index (χ3v) is 3.75. The maximum Gasteiger partial charge on any atom is 0.245 e. The molecule has 1 aromatic carbocycles. The van der Waals surface area contributed by atoms with E-state index >= 15 is 0 Å². The predicted octanol–water partition coefficient (Wildman–Crippen LogP) is 0.935. The van der Waals surface area contributed by atoms with Gasteiger partial charge in [0.05, 0.1) is 6.54 Å². The van der Waals surface area contributed by atoms with Crippen LogP contribution in [0, 0.1) is 0 Å². The second-order valence-electron chi connectivity index (χ2n) is 5.33. The molecule has 2 rings (SSSR count). The van der Waals surface area contributed by atoms with Crippen molar-refractivity contribution in [3.63, 3.8) is 0 Å². The first-order valence-corrected chi connectivity index (χ1v) is 7.20. The van der Waals surface area contributed by atoms with Crippen molar-refractivity contribution in [3.8, 4) is 0 Å². The Kier molecular flexibility index (Phi) is 5.33. The molecule has 0 aromatic heterocycles. The highest BCUT2D eigenvalue weighted by molar-refractivity contribution is 5.94. The van der Waals surface area contributed by atoms with Crippen LogP contribution in [0.25, 0.3) is 0 Å². The van der Waals surface area contributed by atoms with Crippen molar-refractivity contribution in [2.45, 2.75) is 18.9 Å². The van der Waals surface area contributed by atoms with Gasteiger partial charge in [0.1, 0.15) is 6.04 Å². The van der Waals surface area contributed by atoms with E-state index in [1.807, 2.05) is 30.3 Å². The Morgan fingerprint density at radius 3 is 2.62 bits per heavy atom. The summed E-state index contributed by atoms with van der Waals surface area (Å²) in [7, 11) is 3.32.